The zero-order valence-corrected chi connectivity index (χ0v) is 20.8. The van der Waals surface area contributed by atoms with Gasteiger partial charge in [0.05, 0.1) is 6.04 Å². The van der Waals surface area contributed by atoms with Crippen molar-refractivity contribution in [3.63, 3.8) is 0 Å². The molecule has 0 radical (unpaired) electrons. The van der Waals surface area contributed by atoms with Gasteiger partial charge in [-0.2, -0.15) is 0 Å². The number of halogens is 3. The molecule has 0 spiro atoms. The summed E-state index contributed by atoms with van der Waals surface area (Å²) >= 11 is 0. The van der Waals surface area contributed by atoms with Crippen LogP contribution in [0.3, 0.4) is 0 Å². The van der Waals surface area contributed by atoms with Crippen LogP contribution in [-0.2, 0) is 11.2 Å². The number of hydrogen-bond acceptors (Lipinski definition) is 3. The molecular weight excluding hydrogens is 515 g/mol. The van der Waals surface area contributed by atoms with Crippen LogP contribution in [0.4, 0.5) is 8.78 Å². The molecular formula is C22H34F2IN5O. The largest absolute Gasteiger partial charge is 0.357 e. The molecule has 2 aliphatic rings. The number of guanidine groups is 1. The maximum atomic E-state index is 13.8. The van der Waals surface area contributed by atoms with Crippen molar-refractivity contribution in [3.05, 3.63) is 35.4 Å². The Balaban J connectivity index is 0.00000341. The number of piperazine rings is 1. The number of likely N-dealkylation sites (tertiary alicyclic amines) is 1. The van der Waals surface area contributed by atoms with E-state index in [1.54, 1.807) is 0 Å². The summed E-state index contributed by atoms with van der Waals surface area (Å²) in [6.45, 7) is 9.88. The van der Waals surface area contributed by atoms with Gasteiger partial charge >= 0.3 is 0 Å². The van der Waals surface area contributed by atoms with Gasteiger partial charge in [0.1, 0.15) is 11.6 Å². The molecule has 3 rings (SSSR count). The van der Waals surface area contributed by atoms with E-state index in [0.29, 0.717) is 6.54 Å². The van der Waals surface area contributed by atoms with Crippen molar-refractivity contribution in [1.29, 1.82) is 0 Å². The summed E-state index contributed by atoms with van der Waals surface area (Å²) < 4.78 is 27.6. The second-order valence-electron chi connectivity index (χ2n) is 7.92. The molecule has 1 aromatic rings. The van der Waals surface area contributed by atoms with E-state index in [-0.39, 0.29) is 47.9 Å². The van der Waals surface area contributed by atoms with E-state index < -0.39 is 11.6 Å². The molecule has 1 N–H and O–H groups in total. The highest BCUT2D eigenvalue weighted by Crippen LogP contribution is 2.15. The van der Waals surface area contributed by atoms with E-state index in [2.05, 4.69) is 20.1 Å². The van der Waals surface area contributed by atoms with Crippen LogP contribution in [0.15, 0.2) is 23.2 Å². The lowest BCUT2D eigenvalue weighted by Gasteiger charge is -2.39. The molecule has 0 saturated carbocycles. The maximum Gasteiger partial charge on any atom is 0.239 e. The molecule has 2 heterocycles. The number of hydrogen-bond donors (Lipinski definition) is 1. The first kappa shape index (κ1) is 25.8. The van der Waals surface area contributed by atoms with Gasteiger partial charge in [-0.3, -0.25) is 14.7 Å². The Hall–Kier alpha value is -1.49. The van der Waals surface area contributed by atoms with Crippen molar-refractivity contribution in [2.75, 3.05) is 52.4 Å². The fourth-order valence-electron chi connectivity index (χ4n) is 4.15. The van der Waals surface area contributed by atoms with Crippen molar-refractivity contribution in [1.82, 2.24) is 20.0 Å². The summed E-state index contributed by atoms with van der Waals surface area (Å²) in [4.78, 5) is 23.6. The molecule has 2 saturated heterocycles. The number of amides is 1. The molecule has 174 valence electrons. The molecule has 9 heteroatoms. The number of aliphatic imine (C=N–C) groups is 1. The van der Waals surface area contributed by atoms with Crippen LogP contribution in [0.5, 0.6) is 0 Å². The quantitative estimate of drug-likeness (QED) is 0.337. The van der Waals surface area contributed by atoms with Crippen molar-refractivity contribution in [2.45, 2.75) is 39.2 Å². The predicted octanol–water partition coefficient (Wildman–Crippen LogP) is 2.72. The maximum absolute atomic E-state index is 13.8. The highest BCUT2D eigenvalue weighted by Gasteiger charge is 2.30. The summed E-state index contributed by atoms with van der Waals surface area (Å²) in [6.07, 6.45) is 2.42. The molecule has 2 aliphatic heterocycles. The molecule has 0 aliphatic carbocycles. The van der Waals surface area contributed by atoms with Gasteiger partial charge in [-0.1, -0.05) is 6.07 Å². The summed E-state index contributed by atoms with van der Waals surface area (Å²) in [5.41, 5.74) is 0.0798. The first-order valence-corrected chi connectivity index (χ1v) is 11.0. The Morgan fingerprint density at radius 2 is 1.68 bits per heavy atom. The molecule has 0 aromatic heterocycles. The number of carbonyl (C=O) groups is 1. The molecule has 1 amide bonds. The van der Waals surface area contributed by atoms with Crippen LogP contribution in [0, 0.1) is 11.6 Å². The minimum atomic E-state index is -0.527. The Kier molecular flexibility index (Phi) is 10.4. The molecule has 1 aromatic carbocycles. The van der Waals surface area contributed by atoms with Crippen LogP contribution in [-0.4, -0.2) is 85.0 Å². The zero-order valence-electron chi connectivity index (χ0n) is 18.4. The topological polar surface area (TPSA) is 51.2 Å². The molecule has 31 heavy (non-hydrogen) atoms. The van der Waals surface area contributed by atoms with Crippen LogP contribution in [0.1, 0.15) is 32.3 Å². The lowest BCUT2D eigenvalue weighted by atomic mass is 10.1. The van der Waals surface area contributed by atoms with Gasteiger partial charge in [-0.25, -0.2) is 8.78 Å². The molecule has 6 nitrogen and oxygen atoms in total. The van der Waals surface area contributed by atoms with Gasteiger partial charge in [0.25, 0.3) is 0 Å². The summed E-state index contributed by atoms with van der Waals surface area (Å²) in [5, 5.41) is 3.27. The van der Waals surface area contributed by atoms with Crippen molar-refractivity contribution in [3.8, 4) is 0 Å². The standard InChI is InChI=1S/C22H33F2N5O.HI/c1-3-25-22(26-10-9-18-19(23)7-6-8-20(18)24)29-15-13-27(14-16-29)17(2)21(30)28-11-4-5-12-28;/h6-8,17H,3-5,9-16H2,1-2H3,(H,25,26);1H. The van der Waals surface area contributed by atoms with Crippen LogP contribution in [0.25, 0.3) is 0 Å². The van der Waals surface area contributed by atoms with E-state index in [9.17, 15) is 13.6 Å². The fourth-order valence-corrected chi connectivity index (χ4v) is 4.15. The Bertz CT molecular complexity index is 729. The summed E-state index contributed by atoms with van der Waals surface area (Å²) in [6, 6.07) is 3.82. The number of carbonyl (C=O) groups excluding carboxylic acids is 1. The second kappa shape index (κ2) is 12.5. The van der Waals surface area contributed by atoms with Crippen molar-refractivity contribution >= 4 is 35.8 Å². The number of nitrogens with zero attached hydrogens (tertiary/aromatic N) is 4. The average Bonchev–Trinajstić information content (AvgIpc) is 3.29. The number of rotatable bonds is 6. The molecule has 1 unspecified atom stereocenters. The van der Waals surface area contributed by atoms with Crippen LogP contribution in [0.2, 0.25) is 0 Å². The Labute approximate surface area is 201 Å². The predicted molar refractivity (Wildman–Crippen MR) is 130 cm³/mol. The summed E-state index contributed by atoms with van der Waals surface area (Å²) in [7, 11) is 0. The first-order valence-electron chi connectivity index (χ1n) is 11.0. The van der Waals surface area contributed by atoms with Gasteiger partial charge in [0.2, 0.25) is 5.91 Å². The highest BCUT2D eigenvalue weighted by atomic mass is 127. The molecule has 1 atom stereocenters. The van der Waals surface area contributed by atoms with Gasteiger partial charge < -0.3 is 15.1 Å². The monoisotopic (exact) mass is 549 g/mol. The van der Waals surface area contributed by atoms with Crippen LogP contribution < -0.4 is 5.32 Å². The third-order valence-electron chi connectivity index (χ3n) is 5.96. The lowest BCUT2D eigenvalue weighted by Crippen LogP contribution is -2.57. The molecule has 0 bridgehead atoms. The Morgan fingerprint density at radius 1 is 1.06 bits per heavy atom. The third-order valence-corrected chi connectivity index (χ3v) is 5.96. The SMILES string of the molecule is CCNC(=NCCc1c(F)cccc1F)N1CCN(C(C)C(=O)N2CCCC2)CC1.I. The molecule has 2 fully saturated rings. The van der Waals surface area contributed by atoms with E-state index in [4.69, 9.17) is 0 Å². The third kappa shape index (κ3) is 6.74. The first-order chi connectivity index (χ1) is 14.5. The second-order valence-corrected chi connectivity index (χ2v) is 7.92. The average molecular weight is 549 g/mol. The van der Waals surface area contributed by atoms with E-state index >= 15 is 0 Å². The van der Waals surface area contributed by atoms with Gasteiger partial charge in [0.15, 0.2) is 5.96 Å². The van der Waals surface area contributed by atoms with E-state index in [0.717, 1.165) is 64.6 Å². The normalized spacial score (nSPS) is 18.6. The summed E-state index contributed by atoms with van der Waals surface area (Å²) in [5.74, 6) is -0.0678. The zero-order chi connectivity index (χ0) is 21.5. The smallest absolute Gasteiger partial charge is 0.239 e. The minimum Gasteiger partial charge on any atom is -0.357 e. The number of benzene rings is 1. The van der Waals surface area contributed by atoms with E-state index in [1.807, 2.05) is 18.7 Å². The van der Waals surface area contributed by atoms with E-state index in [1.165, 1.54) is 18.2 Å². The lowest BCUT2D eigenvalue weighted by molar-refractivity contribution is -0.135. The minimum absolute atomic E-state index is 0. The van der Waals surface area contributed by atoms with Crippen molar-refractivity contribution < 1.29 is 13.6 Å². The van der Waals surface area contributed by atoms with Gasteiger partial charge in [-0.15, -0.1) is 24.0 Å². The fraction of sp³-hybridized carbons (Fsp3) is 0.636. The van der Waals surface area contributed by atoms with Crippen molar-refractivity contribution in [2.24, 2.45) is 4.99 Å². The van der Waals surface area contributed by atoms with Crippen LogP contribution >= 0.6 is 24.0 Å². The van der Waals surface area contributed by atoms with Gasteiger partial charge in [-0.05, 0) is 45.2 Å². The highest BCUT2D eigenvalue weighted by molar-refractivity contribution is 14.0. The Morgan fingerprint density at radius 3 is 2.26 bits per heavy atom. The number of nitrogens with one attached hydrogen (secondary N) is 1. The van der Waals surface area contributed by atoms with Gasteiger partial charge in [0, 0.05) is 57.9 Å².